The first-order chi connectivity index (χ1) is 14.4. The molecular weight excluding hydrogens is 398 g/mol. The second-order valence-corrected chi connectivity index (χ2v) is 10.3. The Morgan fingerprint density at radius 2 is 2.07 bits per heavy atom. The van der Waals surface area contributed by atoms with Gasteiger partial charge in [0.25, 0.3) is 0 Å². The van der Waals surface area contributed by atoms with Crippen LogP contribution in [-0.2, 0) is 22.7 Å². The van der Waals surface area contributed by atoms with Gasteiger partial charge in [0, 0.05) is 24.7 Å². The third-order valence-electron chi connectivity index (χ3n) is 6.12. The molecule has 160 valence electrons. The fraction of sp³-hybridized carbons (Fsp3) is 0.417. The molecule has 0 unspecified atom stereocenters. The van der Waals surface area contributed by atoms with Crippen LogP contribution in [0.4, 0.5) is 0 Å². The molecule has 3 aromatic rings. The number of nitrogens with zero attached hydrogens (tertiary/aromatic N) is 1. The molecule has 0 radical (unpaired) electrons. The summed E-state index contributed by atoms with van der Waals surface area (Å²) >= 11 is 0. The van der Waals surface area contributed by atoms with Crippen molar-refractivity contribution >= 4 is 20.8 Å². The van der Waals surface area contributed by atoms with Crippen LogP contribution in [0.3, 0.4) is 0 Å². The zero-order chi connectivity index (χ0) is 21.3. The van der Waals surface area contributed by atoms with E-state index in [1.165, 1.54) is 36.5 Å². The van der Waals surface area contributed by atoms with Gasteiger partial charge in [0.2, 0.25) is 0 Å². The lowest BCUT2D eigenvalue weighted by Gasteiger charge is -2.30. The molecule has 0 fully saturated rings. The van der Waals surface area contributed by atoms with E-state index in [0.29, 0.717) is 16.9 Å². The van der Waals surface area contributed by atoms with Gasteiger partial charge < -0.3 is 14.1 Å². The van der Waals surface area contributed by atoms with Crippen molar-refractivity contribution in [3.05, 3.63) is 59.4 Å². The normalized spacial score (nSPS) is 16.7. The van der Waals surface area contributed by atoms with Crippen LogP contribution in [0.25, 0.3) is 11.0 Å². The number of benzene rings is 2. The summed E-state index contributed by atoms with van der Waals surface area (Å²) in [5.41, 5.74) is 4.51. The molecule has 4 rings (SSSR count). The Morgan fingerprint density at radius 3 is 2.83 bits per heavy atom. The van der Waals surface area contributed by atoms with Gasteiger partial charge in [-0.2, -0.15) is 0 Å². The van der Waals surface area contributed by atoms with E-state index in [9.17, 15) is 8.42 Å². The maximum Gasteiger partial charge on any atom is 0.179 e. The van der Waals surface area contributed by atoms with E-state index in [0.717, 1.165) is 37.2 Å². The fourth-order valence-electron chi connectivity index (χ4n) is 4.58. The highest BCUT2D eigenvalue weighted by atomic mass is 32.2. The van der Waals surface area contributed by atoms with Crippen LogP contribution in [0.15, 0.2) is 52.0 Å². The van der Waals surface area contributed by atoms with Crippen molar-refractivity contribution < 1.29 is 17.6 Å². The van der Waals surface area contributed by atoms with Crippen molar-refractivity contribution in [2.24, 2.45) is 0 Å². The summed E-state index contributed by atoms with van der Waals surface area (Å²) in [6.45, 7) is 1.91. The van der Waals surface area contributed by atoms with Crippen LogP contribution < -0.4 is 4.74 Å². The smallest absolute Gasteiger partial charge is 0.179 e. The monoisotopic (exact) mass is 427 g/mol. The minimum Gasteiger partial charge on any atom is -0.496 e. The molecule has 1 aliphatic carbocycles. The topological polar surface area (TPSA) is 59.8 Å². The summed E-state index contributed by atoms with van der Waals surface area (Å²) in [4.78, 5) is 2.64. The Hall–Kier alpha value is -2.31. The lowest BCUT2D eigenvalue weighted by atomic mass is 9.82. The van der Waals surface area contributed by atoms with E-state index >= 15 is 0 Å². The predicted molar refractivity (Wildman–Crippen MR) is 119 cm³/mol. The molecule has 0 N–H and O–H groups in total. The molecule has 1 aromatic heterocycles. The number of fused-ring (bicyclic) bond motifs is 2. The van der Waals surface area contributed by atoms with E-state index in [1.807, 2.05) is 18.2 Å². The third kappa shape index (κ3) is 4.25. The Balaban J connectivity index is 1.44. The minimum absolute atomic E-state index is 0.264. The number of methoxy groups -OCH3 is 1. The molecule has 0 spiro atoms. The molecule has 0 saturated heterocycles. The largest absolute Gasteiger partial charge is 0.496 e. The van der Waals surface area contributed by atoms with E-state index < -0.39 is 9.84 Å². The Labute approximate surface area is 178 Å². The Bertz CT molecular complexity index is 1150. The zero-order valence-corrected chi connectivity index (χ0v) is 18.7. The first-order valence-corrected chi connectivity index (χ1v) is 12.3. The van der Waals surface area contributed by atoms with Gasteiger partial charge in [0.05, 0.1) is 7.11 Å². The summed E-state index contributed by atoms with van der Waals surface area (Å²) < 4.78 is 34.9. The Morgan fingerprint density at radius 1 is 1.23 bits per heavy atom. The molecule has 1 heterocycles. The maximum atomic E-state index is 12.0. The van der Waals surface area contributed by atoms with Gasteiger partial charge in [0.1, 0.15) is 22.5 Å². The number of sulfone groups is 1. The van der Waals surface area contributed by atoms with Gasteiger partial charge in [-0.15, -0.1) is 0 Å². The van der Waals surface area contributed by atoms with E-state index in [2.05, 4.69) is 30.1 Å². The fourth-order valence-corrected chi connectivity index (χ4v) is 5.36. The highest BCUT2D eigenvalue weighted by Crippen LogP contribution is 2.37. The van der Waals surface area contributed by atoms with Crippen molar-refractivity contribution in [2.75, 3.05) is 33.5 Å². The van der Waals surface area contributed by atoms with Gasteiger partial charge in [-0.1, -0.05) is 18.2 Å². The summed E-state index contributed by atoms with van der Waals surface area (Å²) in [5.74, 6) is 1.52. The van der Waals surface area contributed by atoms with Crippen LogP contribution in [0.1, 0.15) is 35.4 Å². The van der Waals surface area contributed by atoms with Crippen LogP contribution >= 0.6 is 0 Å². The van der Waals surface area contributed by atoms with Crippen molar-refractivity contribution in [1.29, 1.82) is 0 Å². The lowest BCUT2D eigenvalue weighted by molar-refractivity contribution is 0.299. The number of hydrogen-bond acceptors (Lipinski definition) is 5. The van der Waals surface area contributed by atoms with Crippen molar-refractivity contribution in [2.45, 2.75) is 36.5 Å². The second kappa shape index (κ2) is 8.44. The lowest BCUT2D eigenvalue weighted by Crippen LogP contribution is -2.28. The highest BCUT2D eigenvalue weighted by molar-refractivity contribution is 7.91. The number of rotatable bonds is 7. The van der Waals surface area contributed by atoms with Gasteiger partial charge >= 0.3 is 0 Å². The molecule has 6 heteroatoms. The zero-order valence-electron chi connectivity index (χ0n) is 17.8. The first kappa shape index (κ1) is 20.9. The number of likely N-dealkylation sites (N-methyl/N-ethyl adjacent to an activating group) is 1. The molecule has 1 atom stereocenters. The van der Waals surface area contributed by atoms with Crippen LogP contribution in [0, 0.1) is 0 Å². The van der Waals surface area contributed by atoms with Crippen molar-refractivity contribution in [1.82, 2.24) is 4.90 Å². The number of ether oxygens (including phenoxy) is 1. The molecule has 5 nitrogen and oxygen atoms in total. The van der Waals surface area contributed by atoms with E-state index in [1.54, 1.807) is 7.11 Å². The second-order valence-electron chi connectivity index (χ2n) is 8.33. The average molecular weight is 428 g/mol. The molecule has 0 amide bonds. The molecule has 0 aliphatic heterocycles. The highest BCUT2D eigenvalue weighted by Gasteiger charge is 2.23. The molecular formula is C24H29NO4S. The van der Waals surface area contributed by atoms with Gasteiger partial charge in [-0.05, 0) is 73.5 Å². The quantitative estimate of drug-likeness (QED) is 0.558. The van der Waals surface area contributed by atoms with E-state index in [-0.39, 0.29) is 4.90 Å². The first-order valence-electron chi connectivity index (χ1n) is 10.4. The number of furan rings is 1. The third-order valence-corrected chi connectivity index (χ3v) is 7.24. The minimum atomic E-state index is -3.30. The molecule has 30 heavy (non-hydrogen) atoms. The van der Waals surface area contributed by atoms with Gasteiger partial charge in [0.15, 0.2) is 9.84 Å². The van der Waals surface area contributed by atoms with Gasteiger partial charge in [-0.25, -0.2) is 8.42 Å². The summed E-state index contributed by atoms with van der Waals surface area (Å²) in [7, 11) is 0.605. The van der Waals surface area contributed by atoms with Crippen LogP contribution in [0.5, 0.6) is 5.75 Å². The molecule has 0 bridgehead atoms. The molecule has 2 aromatic carbocycles. The standard InChI is InChI=1S/C24H29NO4S/c1-25(15-18-6-4-8-20-19(18)7-5-9-22(20)28-2)13-12-17-10-11-23-21(14-17)24(16-29-23)30(3,26)27/h5,7,9-11,14,16,18H,4,6,8,12-13,15H2,1-3H3/t18-/m0/s1. The van der Waals surface area contributed by atoms with E-state index in [4.69, 9.17) is 9.15 Å². The van der Waals surface area contributed by atoms with Crippen molar-refractivity contribution in [3.8, 4) is 5.75 Å². The molecule has 0 saturated carbocycles. The Kier molecular flexibility index (Phi) is 5.89. The van der Waals surface area contributed by atoms with Crippen LogP contribution in [-0.4, -0.2) is 46.8 Å². The maximum absolute atomic E-state index is 12.0. The number of hydrogen-bond donors (Lipinski definition) is 0. The van der Waals surface area contributed by atoms with Gasteiger partial charge in [-0.3, -0.25) is 0 Å². The average Bonchev–Trinajstić information content (AvgIpc) is 3.16. The van der Waals surface area contributed by atoms with Crippen LogP contribution in [0.2, 0.25) is 0 Å². The summed E-state index contributed by atoms with van der Waals surface area (Å²) in [6, 6.07) is 12.2. The predicted octanol–water partition coefficient (Wildman–Crippen LogP) is 4.44. The van der Waals surface area contributed by atoms with Crippen molar-refractivity contribution in [3.63, 3.8) is 0 Å². The summed E-state index contributed by atoms with van der Waals surface area (Å²) in [6.07, 6.45) is 6.89. The molecule has 1 aliphatic rings. The SMILES string of the molecule is COc1cccc2c1CCC[C@H]2CN(C)CCc1ccc2occ(S(C)(=O)=O)c2c1. The summed E-state index contributed by atoms with van der Waals surface area (Å²) in [5, 5.41) is 0.672.